The van der Waals surface area contributed by atoms with Crippen molar-refractivity contribution in [2.45, 2.75) is 57.7 Å². The number of hydrogen-bond donors (Lipinski definition) is 3. The Bertz CT molecular complexity index is 736. The average molecular weight is 381 g/mol. The molecule has 0 heterocycles. The van der Waals surface area contributed by atoms with Crippen LogP contribution < -0.4 is 15.4 Å². The first kappa shape index (κ1) is 20.4. The van der Waals surface area contributed by atoms with E-state index >= 15 is 0 Å². The molecule has 0 unspecified atom stereocenters. The number of sulfonamides is 1. The molecule has 0 spiro atoms. The second-order valence-electron chi connectivity index (χ2n) is 7.01. The molecule has 0 saturated heterocycles. The molecule has 0 bridgehead atoms. The second-order valence-corrected chi connectivity index (χ2v) is 9.28. The van der Waals surface area contributed by atoms with Crippen LogP contribution in [0.2, 0.25) is 0 Å². The maximum atomic E-state index is 12.4. The van der Waals surface area contributed by atoms with Crippen LogP contribution in [0.4, 0.5) is 11.4 Å². The Labute approximate surface area is 155 Å². The average Bonchev–Trinajstić information content (AvgIpc) is 2.56. The van der Waals surface area contributed by atoms with E-state index in [1.54, 1.807) is 38.1 Å². The molecule has 144 valence electrons. The van der Waals surface area contributed by atoms with E-state index in [0.29, 0.717) is 37.1 Å². The van der Waals surface area contributed by atoms with Crippen LogP contribution in [0.1, 0.15) is 46.5 Å². The first-order valence-corrected chi connectivity index (χ1v) is 10.4. The van der Waals surface area contributed by atoms with Gasteiger partial charge in [-0.05, 0) is 63.8 Å². The van der Waals surface area contributed by atoms with E-state index in [1.165, 1.54) is 6.92 Å². The lowest BCUT2D eigenvalue weighted by Crippen LogP contribution is -2.42. The number of carbonyl (C=O) groups excluding carboxylic acids is 2. The van der Waals surface area contributed by atoms with Crippen LogP contribution in [0.15, 0.2) is 24.3 Å². The fourth-order valence-electron chi connectivity index (χ4n) is 2.93. The first-order valence-electron chi connectivity index (χ1n) is 8.87. The van der Waals surface area contributed by atoms with Crippen LogP contribution >= 0.6 is 0 Å². The fraction of sp³-hybridized carbons (Fsp3) is 0.556. The van der Waals surface area contributed by atoms with Crippen LogP contribution in [0.3, 0.4) is 0 Å². The number of hydrogen-bond acceptors (Lipinski definition) is 4. The fourth-order valence-corrected chi connectivity index (χ4v) is 3.90. The topological polar surface area (TPSA) is 104 Å². The highest BCUT2D eigenvalue weighted by atomic mass is 32.2. The highest BCUT2D eigenvalue weighted by Crippen LogP contribution is 2.26. The smallest absolute Gasteiger partial charge is 0.227 e. The number of rotatable bonds is 6. The molecule has 1 aliphatic rings. The number of anilines is 2. The summed E-state index contributed by atoms with van der Waals surface area (Å²) in [6.45, 7) is 4.74. The minimum atomic E-state index is -3.28. The summed E-state index contributed by atoms with van der Waals surface area (Å²) in [5.74, 6) is -0.320. The Kier molecular flexibility index (Phi) is 6.77. The van der Waals surface area contributed by atoms with E-state index in [1.807, 2.05) is 0 Å². The Morgan fingerprint density at radius 3 is 1.92 bits per heavy atom. The van der Waals surface area contributed by atoms with Gasteiger partial charge in [-0.25, -0.2) is 13.1 Å². The molecule has 8 heteroatoms. The lowest BCUT2D eigenvalue weighted by molar-refractivity contribution is -0.120. The van der Waals surface area contributed by atoms with Gasteiger partial charge >= 0.3 is 0 Å². The van der Waals surface area contributed by atoms with Gasteiger partial charge in [-0.3, -0.25) is 9.59 Å². The van der Waals surface area contributed by atoms with Crippen LogP contribution in [-0.2, 0) is 19.6 Å². The first-order chi connectivity index (χ1) is 12.2. The summed E-state index contributed by atoms with van der Waals surface area (Å²) in [5, 5.41) is 5.10. The quantitative estimate of drug-likeness (QED) is 0.704. The summed E-state index contributed by atoms with van der Waals surface area (Å²) < 4.78 is 26.6. The molecule has 1 aliphatic carbocycles. The van der Waals surface area contributed by atoms with Crippen LogP contribution in [0, 0.1) is 5.92 Å². The van der Waals surface area contributed by atoms with Crippen molar-refractivity contribution in [2.24, 2.45) is 5.92 Å². The molecule has 2 rings (SSSR count). The standard InChI is InChI=1S/C18H27N3O4S/c1-12(2)26(24,25)21-17-6-4-14(5-7-17)18(23)20-16-10-8-15(9-11-16)19-13(3)22/h8-12,14,17,21H,4-7H2,1-3H3,(H,19,22)(H,20,23). The molecule has 1 aromatic carbocycles. The van der Waals surface area contributed by atoms with E-state index in [2.05, 4.69) is 15.4 Å². The van der Waals surface area contributed by atoms with Gasteiger partial charge in [0.05, 0.1) is 5.25 Å². The molecule has 26 heavy (non-hydrogen) atoms. The third-order valence-electron chi connectivity index (χ3n) is 4.52. The Hall–Kier alpha value is -1.93. The van der Waals surface area contributed by atoms with Gasteiger partial charge in [0, 0.05) is 30.3 Å². The number of amides is 2. The minimum Gasteiger partial charge on any atom is -0.326 e. The summed E-state index contributed by atoms with van der Waals surface area (Å²) in [6.07, 6.45) is 2.62. The maximum absolute atomic E-state index is 12.4. The highest BCUT2D eigenvalue weighted by Gasteiger charge is 2.29. The molecule has 3 N–H and O–H groups in total. The monoisotopic (exact) mass is 381 g/mol. The van der Waals surface area contributed by atoms with Crippen molar-refractivity contribution in [3.8, 4) is 0 Å². The molecule has 1 aromatic rings. The molecular formula is C18H27N3O4S. The van der Waals surface area contributed by atoms with Crippen molar-refractivity contribution >= 4 is 33.2 Å². The van der Waals surface area contributed by atoms with Crippen LogP contribution in [0.5, 0.6) is 0 Å². The largest absolute Gasteiger partial charge is 0.326 e. The van der Waals surface area contributed by atoms with Crippen molar-refractivity contribution in [1.82, 2.24) is 4.72 Å². The Balaban J connectivity index is 1.84. The summed E-state index contributed by atoms with van der Waals surface area (Å²) in [4.78, 5) is 23.4. The molecule has 1 saturated carbocycles. The zero-order valence-corrected chi connectivity index (χ0v) is 16.2. The van der Waals surface area contributed by atoms with Crippen LogP contribution in [0.25, 0.3) is 0 Å². The van der Waals surface area contributed by atoms with Crippen molar-refractivity contribution < 1.29 is 18.0 Å². The summed E-state index contributed by atoms with van der Waals surface area (Å²) in [5.41, 5.74) is 1.35. The highest BCUT2D eigenvalue weighted by molar-refractivity contribution is 7.90. The molecule has 0 aliphatic heterocycles. The minimum absolute atomic E-state index is 0.0533. The third-order valence-corrected chi connectivity index (χ3v) is 6.43. The Morgan fingerprint density at radius 2 is 1.46 bits per heavy atom. The molecule has 0 radical (unpaired) electrons. The van der Waals surface area contributed by atoms with Gasteiger partial charge in [0.2, 0.25) is 21.8 Å². The van der Waals surface area contributed by atoms with E-state index in [0.717, 1.165) is 0 Å². The van der Waals surface area contributed by atoms with Crippen molar-refractivity contribution in [2.75, 3.05) is 10.6 Å². The molecule has 2 amide bonds. The summed E-state index contributed by atoms with van der Waals surface area (Å²) >= 11 is 0. The SMILES string of the molecule is CC(=O)Nc1ccc(NC(=O)C2CCC(NS(=O)(=O)C(C)C)CC2)cc1. The van der Waals surface area contributed by atoms with Gasteiger partial charge in [-0.1, -0.05) is 0 Å². The summed E-state index contributed by atoms with van der Waals surface area (Å²) in [7, 11) is -3.28. The van der Waals surface area contributed by atoms with Crippen molar-refractivity contribution in [3.05, 3.63) is 24.3 Å². The van der Waals surface area contributed by atoms with E-state index in [9.17, 15) is 18.0 Å². The number of carbonyl (C=O) groups is 2. The lowest BCUT2D eigenvalue weighted by atomic mass is 9.86. The molecule has 1 fully saturated rings. The van der Waals surface area contributed by atoms with Gasteiger partial charge in [0.25, 0.3) is 0 Å². The van der Waals surface area contributed by atoms with Gasteiger partial charge in [-0.15, -0.1) is 0 Å². The van der Waals surface area contributed by atoms with E-state index < -0.39 is 15.3 Å². The van der Waals surface area contributed by atoms with Crippen molar-refractivity contribution in [3.63, 3.8) is 0 Å². The van der Waals surface area contributed by atoms with Crippen molar-refractivity contribution in [1.29, 1.82) is 0 Å². The summed E-state index contributed by atoms with van der Waals surface area (Å²) in [6, 6.07) is 6.85. The van der Waals surface area contributed by atoms with Gasteiger partial charge in [0.1, 0.15) is 0 Å². The normalized spacial score (nSPS) is 20.6. The van der Waals surface area contributed by atoms with E-state index in [-0.39, 0.29) is 23.8 Å². The van der Waals surface area contributed by atoms with Gasteiger partial charge < -0.3 is 10.6 Å². The second kappa shape index (κ2) is 8.64. The lowest BCUT2D eigenvalue weighted by Gasteiger charge is -2.28. The van der Waals surface area contributed by atoms with Crippen LogP contribution in [-0.4, -0.2) is 31.5 Å². The number of nitrogens with one attached hydrogen (secondary N) is 3. The zero-order valence-electron chi connectivity index (χ0n) is 15.4. The molecule has 0 atom stereocenters. The Morgan fingerprint density at radius 1 is 0.962 bits per heavy atom. The predicted molar refractivity (Wildman–Crippen MR) is 102 cm³/mol. The zero-order chi connectivity index (χ0) is 19.3. The van der Waals surface area contributed by atoms with Gasteiger partial charge in [0.15, 0.2) is 0 Å². The van der Waals surface area contributed by atoms with E-state index in [4.69, 9.17) is 0 Å². The molecule has 7 nitrogen and oxygen atoms in total. The maximum Gasteiger partial charge on any atom is 0.227 e. The van der Waals surface area contributed by atoms with Gasteiger partial charge in [-0.2, -0.15) is 0 Å². The molecule has 0 aromatic heterocycles. The predicted octanol–water partition coefficient (Wildman–Crippen LogP) is 2.47. The third kappa shape index (κ3) is 5.81. The molecular weight excluding hydrogens is 354 g/mol. The number of benzene rings is 1.